The number of aliphatic hydroxyl groups is 1. The number of benzene rings is 1. The summed E-state index contributed by atoms with van der Waals surface area (Å²) in [6, 6.07) is 7.30. The third-order valence-electron chi connectivity index (χ3n) is 2.95. The molecule has 110 valence electrons. The Morgan fingerprint density at radius 2 is 2.00 bits per heavy atom. The Hall–Kier alpha value is -1.81. The van der Waals surface area contributed by atoms with Crippen LogP contribution < -0.4 is 10.1 Å². The Balaban J connectivity index is 2.56. The number of rotatable bonds is 7. The van der Waals surface area contributed by atoms with Gasteiger partial charge in [0.2, 0.25) is 5.91 Å². The van der Waals surface area contributed by atoms with Crippen LogP contribution in [0.15, 0.2) is 30.3 Å². The maximum atomic E-state index is 11.7. The number of amides is 1. The summed E-state index contributed by atoms with van der Waals surface area (Å²) in [7, 11) is 0. The van der Waals surface area contributed by atoms with Crippen molar-refractivity contribution in [2.45, 2.75) is 26.8 Å². The van der Waals surface area contributed by atoms with Gasteiger partial charge >= 0.3 is 0 Å². The zero-order chi connectivity index (χ0) is 15.0. The predicted molar refractivity (Wildman–Crippen MR) is 80.5 cm³/mol. The van der Waals surface area contributed by atoms with E-state index in [-0.39, 0.29) is 24.5 Å². The first kappa shape index (κ1) is 16.2. The second-order valence-electron chi connectivity index (χ2n) is 4.88. The van der Waals surface area contributed by atoms with Crippen molar-refractivity contribution in [2.24, 2.45) is 5.92 Å². The fourth-order valence-corrected chi connectivity index (χ4v) is 1.67. The molecular weight excluding hydrogens is 254 g/mol. The van der Waals surface area contributed by atoms with Crippen LogP contribution in [0.5, 0.6) is 5.75 Å². The number of aliphatic hydroxyl groups excluding tert-OH is 1. The molecule has 4 heteroatoms. The lowest BCUT2D eigenvalue weighted by atomic mass is 10.1. The zero-order valence-electron chi connectivity index (χ0n) is 12.3. The van der Waals surface area contributed by atoms with Gasteiger partial charge in [0.05, 0.1) is 19.3 Å². The molecule has 0 aromatic heterocycles. The van der Waals surface area contributed by atoms with E-state index < -0.39 is 0 Å². The Morgan fingerprint density at radius 3 is 2.50 bits per heavy atom. The second-order valence-corrected chi connectivity index (χ2v) is 4.88. The predicted octanol–water partition coefficient (Wildman–Crippen LogP) is 2.23. The van der Waals surface area contributed by atoms with Crippen molar-refractivity contribution in [2.75, 3.05) is 13.2 Å². The molecule has 1 aromatic rings. The molecule has 0 heterocycles. The molecule has 0 fully saturated rings. The molecule has 1 atom stereocenters. The summed E-state index contributed by atoms with van der Waals surface area (Å²) in [5.74, 6) is 0.809. The van der Waals surface area contributed by atoms with Gasteiger partial charge in [0.25, 0.3) is 0 Å². The summed E-state index contributed by atoms with van der Waals surface area (Å²) in [5.41, 5.74) is 0.925. The fourth-order valence-electron chi connectivity index (χ4n) is 1.67. The molecule has 1 aromatic carbocycles. The molecule has 0 unspecified atom stereocenters. The van der Waals surface area contributed by atoms with Crippen LogP contribution in [0.25, 0.3) is 6.08 Å². The molecule has 0 radical (unpaired) electrons. The largest absolute Gasteiger partial charge is 0.494 e. The van der Waals surface area contributed by atoms with Gasteiger partial charge in [-0.05, 0) is 36.6 Å². The Labute approximate surface area is 120 Å². The SMILES string of the molecule is CCOc1ccc(C=CC(=O)N[C@H](CO)C(C)C)cc1. The molecule has 0 saturated heterocycles. The maximum absolute atomic E-state index is 11.7. The molecule has 1 amide bonds. The topological polar surface area (TPSA) is 58.6 Å². The van der Waals surface area contributed by atoms with E-state index in [1.807, 2.05) is 45.0 Å². The summed E-state index contributed by atoms with van der Waals surface area (Å²) in [6.07, 6.45) is 3.21. The molecule has 4 nitrogen and oxygen atoms in total. The first-order valence-corrected chi connectivity index (χ1v) is 6.89. The average molecular weight is 277 g/mol. The van der Waals surface area contributed by atoms with Gasteiger partial charge in [0, 0.05) is 6.08 Å². The van der Waals surface area contributed by atoms with Crippen molar-refractivity contribution >= 4 is 12.0 Å². The van der Waals surface area contributed by atoms with Gasteiger partial charge in [-0.25, -0.2) is 0 Å². The van der Waals surface area contributed by atoms with E-state index in [1.54, 1.807) is 6.08 Å². The summed E-state index contributed by atoms with van der Waals surface area (Å²) in [5, 5.41) is 11.9. The number of hydrogen-bond acceptors (Lipinski definition) is 3. The van der Waals surface area contributed by atoms with Crippen LogP contribution in [0.4, 0.5) is 0 Å². The van der Waals surface area contributed by atoms with E-state index in [2.05, 4.69) is 5.32 Å². The molecule has 0 aliphatic carbocycles. The van der Waals surface area contributed by atoms with Gasteiger partial charge in [-0.1, -0.05) is 26.0 Å². The number of carbonyl (C=O) groups is 1. The summed E-state index contributed by atoms with van der Waals surface area (Å²) < 4.78 is 5.35. The van der Waals surface area contributed by atoms with Gasteiger partial charge < -0.3 is 15.2 Å². The van der Waals surface area contributed by atoms with Crippen molar-refractivity contribution in [3.8, 4) is 5.75 Å². The number of ether oxygens (including phenoxy) is 1. The molecular formula is C16H23NO3. The van der Waals surface area contributed by atoms with Gasteiger partial charge in [-0.2, -0.15) is 0 Å². The van der Waals surface area contributed by atoms with Crippen LogP contribution >= 0.6 is 0 Å². The first-order valence-electron chi connectivity index (χ1n) is 6.89. The van der Waals surface area contributed by atoms with Gasteiger partial charge in [-0.3, -0.25) is 4.79 Å². The first-order chi connectivity index (χ1) is 9.56. The summed E-state index contributed by atoms with van der Waals surface area (Å²) >= 11 is 0. The van der Waals surface area contributed by atoms with Crippen molar-refractivity contribution < 1.29 is 14.6 Å². The molecule has 1 rings (SSSR count). The van der Waals surface area contributed by atoms with Crippen molar-refractivity contribution in [1.29, 1.82) is 0 Å². The van der Waals surface area contributed by atoms with Gasteiger partial charge in [-0.15, -0.1) is 0 Å². The molecule has 0 aliphatic rings. The number of nitrogens with one attached hydrogen (secondary N) is 1. The van der Waals surface area contributed by atoms with Crippen LogP contribution in [0, 0.1) is 5.92 Å². The van der Waals surface area contributed by atoms with E-state index in [1.165, 1.54) is 6.08 Å². The van der Waals surface area contributed by atoms with E-state index in [4.69, 9.17) is 9.84 Å². The lowest BCUT2D eigenvalue weighted by molar-refractivity contribution is -0.117. The highest BCUT2D eigenvalue weighted by Gasteiger charge is 2.13. The highest BCUT2D eigenvalue weighted by molar-refractivity contribution is 5.91. The smallest absolute Gasteiger partial charge is 0.244 e. The van der Waals surface area contributed by atoms with Crippen molar-refractivity contribution in [3.05, 3.63) is 35.9 Å². The normalized spacial score (nSPS) is 12.7. The number of carbonyl (C=O) groups excluding carboxylic acids is 1. The zero-order valence-corrected chi connectivity index (χ0v) is 12.3. The van der Waals surface area contributed by atoms with Crippen LogP contribution in [0.1, 0.15) is 26.3 Å². The van der Waals surface area contributed by atoms with Gasteiger partial charge in [0.15, 0.2) is 0 Å². The third kappa shape index (κ3) is 5.45. The van der Waals surface area contributed by atoms with Gasteiger partial charge in [0.1, 0.15) is 5.75 Å². The van der Waals surface area contributed by atoms with E-state index >= 15 is 0 Å². The summed E-state index contributed by atoms with van der Waals surface area (Å²) in [4.78, 5) is 11.7. The van der Waals surface area contributed by atoms with Crippen molar-refractivity contribution in [1.82, 2.24) is 5.32 Å². The highest BCUT2D eigenvalue weighted by Crippen LogP contribution is 2.13. The van der Waals surface area contributed by atoms with Crippen LogP contribution in [-0.2, 0) is 4.79 Å². The maximum Gasteiger partial charge on any atom is 0.244 e. The molecule has 0 saturated carbocycles. The minimum Gasteiger partial charge on any atom is -0.494 e. The van der Waals surface area contributed by atoms with Crippen molar-refractivity contribution in [3.63, 3.8) is 0 Å². The van der Waals surface area contributed by atoms with Crippen LogP contribution in [0.2, 0.25) is 0 Å². The third-order valence-corrected chi connectivity index (χ3v) is 2.95. The summed E-state index contributed by atoms with van der Waals surface area (Å²) in [6.45, 7) is 6.43. The average Bonchev–Trinajstić information content (AvgIpc) is 2.44. The molecule has 0 bridgehead atoms. The molecule has 0 spiro atoms. The van der Waals surface area contributed by atoms with Crippen LogP contribution in [0.3, 0.4) is 0 Å². The Kier molecular flexibility index (Phi) is 6.81. The second kappa shape index (κ2) is 8.38. The lowest BCUT2D eigenvalue weighted by Gasteiger charge is -2.18. The van der Waals surface area contributed by atoms with E-state index in [9.17, 15) is 4.79 Å². The fraction of sp³-hybridized carbons (Fsp3) is 0.438. The number of hydrogen-bond donors (Lipinski definition) is 2. The molecule has 20 heavy (non-hydrogen) atoms. The van der Waals surface area contributed by atoms with E-state index in [0.717, 1.165) is 11.3 Å². The minimum atomic E-state index is -0.215. The van der Waals surface area contributed by atoms with E-state index in [0.29, 0.717) is 6.61 Å². The lowest BCUT2D eigenvalue weighted by Crippen LogP contribution is -2.40. The molecule has 0 aliphatic heterocycles. The molecule has 2 N–H and O–H groups in total. The monoisotopic (exact) mass is 277 g/mol. The quantitative estimate of drug-likeness (QED) is 0.751. The Bertz CT molecular complexity index is 438. The minimum absolute atomic E-state index is 0.0553. The highest BCUT2D eigenvalue weighted by atomic mass is 16.5. The standard InChI is InChI=1S/C16H23NO3/c1-4-20-14-8-5-13(6-9-14)7-10-16(19)17-15(11-18)12(2)3/h5-10,12,15,18H,4,11H2,1-3H3,(H,17,19)/t15-/m1/s1. The Morgan fingerprint density at radius 1 is 1.35 bits per heavy atom. The van der Waals surface area contributed by atoms with Crippen LogP contribution in [-0.4, -0.2) is 30.3 Å².